The summed E-state index contributed by atoms with van der Waals surface area (Å²) in [4.78, 5) is 32.2. The number of para-hydroxylation sites is 2. The first-order valence-corrected chi connectivity index (χ1v) is 12.0. The Morgan fingerprint density at radius 2 is 1.91 bits per heavy atom. The molecule has 1 aliphatic heterocycles. The third kappa shape index (κ3) is 6.55. The minimum absolute atomic E-state index is 0.0239. The third-order valence-electron chi connectivity index (χ3n) is 5.65. The summed E-state index contributed by atoms with van der Waals surface area (Å²) in [6, 6.07) is 7.96. The number of carbonyl (C=O) groups excluding carboxylic acids is 2. The van der Waals surface area contributed by atoms with Crippen molar-refractivity contribution in [1.29, 1.82) is 0 Å². The highest BCUT2D eigenvalue weighted by Gasteiger charge is 2.23. The van der Waals surface area contributed by atoms with E-state index in [0.29, 0.717) is 31.4 Å². The van der Waals surface area contributed by atoms with Crippen LogP contribution in [0.3, 0.4) is 0 Å². The summed E-state index contributed by atoms with van der Waals surface area (Å²) < 4.78 is 7.49. The molecule has 0 spiro atoms. The summed E-state index contributed by atoms with van der Waals surface area (Å²) in [6.45, 7) is 11.6. The van der Waals surface area contributed by atoms with Gasteiger partial charge in [0, 0.05) is 32.7 Å². The quantitative estimate of drug-likeness (QED) is 0.541. The van der Waals surface area contributed by atoms with Gasteiger partial charge in [-0.15, -0.1) is 0 Å². The number of aryl methyl sites for hydroxylation is 1. The fourth-order valence-corrected chi connectivity index (χ4v) is 4.24. The highest BCUT2D eigenvalue weighted by Crippen LogP contribution is 2.18. The van der Waals surface area contributed by atoms with Crippen LogP contribution in [0.1, 0.15) is 52.8 Å². The summed E-state index contributed by atoms with van der Waals surface area (Å²) in [7, 11) is 0. The van der Waals surface area contributed by atoms with Crippen LogP contribution >= 0.6 is 0 Å². The summed E-state index contributed by atoms with van der Waals surface area (Å²) >= 11 is 0. The number of fused-ring (bicyclic) bond motifs is 1. The summed E-state index contributed by atoms with van der Waals surface area (Å²) in [6.07, 6.45) is 2.90. The maximum atomic E-state index is 13.3. The van der Waals surface area contributed by atoms with Gasteiger partial charge in [-0.05, 0) is 43.2 Å². The molecule has 1 N–H and O–H groups in total. The number of carbonyl (C=O) groups is 2. The molecule has 7 nitrogen and oxygen atoms in total. The lowest BCUT2D eigenvalue weighted by atomic mass is 10.1. The van der Waals surface area contributed by atoms with Gasteiger partial charge in [-0.3, -0.25) is 9.59 Å². The van der Waals surface area contributed by atoms with E-state index in [1.807, 2.05) is 33.7 Å². The lowest BCUT2D eigenvalue weighted by Crippen LogP contribution is -2.39. The van der Waals surface area contributed by atoms with Crippen LogP contribution in [-0.2, 0) is 27.3 Å². The van der Waals surface area contributed by atoms with Gasteiger partial charge in [-0.2, -0.15) is 0 Å². The van der Waals surface area contributed by atoms with Gasteiger partial charge in [-0.1, -0.05) is 39.8 Å². The van der Waals surface area contributed by atoms with Gasteiger partial charge in [-0.25, -0.2) is 4.98 Å². The Morgan fingerprint density at radius 1 is 1.19 bits per heavy atom. The SMILES string of the molecule is CC(C)CN(CC(C)C)C(=O)Cn1c(CCCNC(=O)C2CCCO2)nc2ccccc21. The van der Waals surface area contributed by atoms with Gasteiger partial charge in [0.05, 0.1) is 11.0 Å². The number of hydrogen-bond donors (Lipinski definition) is 1. The molecule has 7 heteroatoms. The van der Waals surface area contributed by atoms with Gasteiger partial charge in [0.2, 0.25) is 11.8 Å². The fraction of sp³-hybridized carbons (Fsp3) is 0.640. The minimum atomic E-state index is -0.301. The number of benzene rings is 1. The van der Waals surface area contributed by atoms with Crippen LogP contribution < -0.4 is 5.32 Å². The third-order valence-corrected chi connectivity index (χ3v) is 5.65. The van der Waals surface area contributed by atoms with Gasteiger partial charge >= 0.3 is 0 Å². The largest absolute Gasteiger partial charge is 0.368 e. The summed E-state index contributed by atoms with van der Waals surface area (Å²) in [5, 5.41) is 2.97. The highest BCUT2D eigenvalue weighted by molar-refractivity contribution is 5.81. The number of aromatic nitrogens is 2. The topological polar surface area (TPSA) is 76.5 Å². The molecule has 1 aromatic heterocycles. The molecule has 1 unspecified atom stereocenters. The lowest BCUT2D eigenvalue weighted by Gasteiger charge is -2.27. The first kappa shape index (κ1) is 24.2. The smallest absolute Gasteiger partial charge is 0.249 e. The summed E-state index contributed by atoms with van der Waals surface area (Å²) in [5.41, 5.74) is 1.88. The highest BCUT2D eigenvalue weighted by atomic mass is 16.5. The Bertz CT molecular complexity index is 890. The fourth-order valence-electron chi connectivity index (χ4n) is 4.24. The molecule has 3 rings (SSSR count). The van der Waals surface area contributed by atoms with E-state index < -0.39 is 0 Å². The lowest BCUT2D eigenvalue weighted by molar-refractivity contribution is -0.133. The Kier molecular flexibility index (Phi) is 8.67. The van der Waals surface area contributed by atoms with Gasteiger partial charge in [0.15, 0.2) is 0 Å². The molecule has 32 heavy (non-hydrogen) atoms. The number of nitrogens with one attached hydrogen (secondary N) is 1. The predicted octanol–water partition coefficient (Wildman–Crippen LogP) is 3.40. The van der Waals surface area contributed by atoms with Crippen molar-refractivity contribution in [3.63, 3.8) is 0 Å². The Hall–Kier alpha value is -2.41. The van der Waals surface area contributed by atoms with Gasteiger partial charge < -0.3 is 19.5 Å². The minimum Gasteiger partial charge on any atom is -0.368 e. The van der Waals surface area contributed by atoms with Crippen LogP contribution in [0.2, 0.25) is 0 Å². The maximum absolute atomic E-state index is 13.3. The van der Waals surface area contributed by atoms with Crippen LogP contribution in [0.5, 0.6) is 0 Å². The molecule has 2 amide bonds. The normalized spacial score (nSPS) is 16.2. The monoisotopic (exact) mass is 442 g/mol. The number of amides is 2. The average Bonchev–Trinajstić information content (AvgIpc) is 3.39. The Morgan fingerprint density at radius 3 is 2.56 bits per heavy atom. The van der Waals surface area contributed by atoms with Crippen LogP contribution in [-0.4, -0.2) is 58.6 Å². The summed E-state index contributed by atoms with van der Waals surface area (Å²) in [5.74, 6) is 1.83. The van der Waals surface area contributed by atoms with Crippen molar-refractivity contribution in [3.8, 4) is 0 Å². The second-order valence-corrected chi connectivity index (χ2v) is 9.59. The molecule has 1 fully saturated rings. The Balaban J connectivity index is 1.67. The zero-order valence-electron chi connectivity index (χ0n) is 20.0. The van der Waals surface area contributed by atoms with Gasteiger partial charge in [0.1, 0.15) is 18.5 Å². The molecule has 0 bridgehead atoms. The van der Waals surface area contributed by atoms with Crippen molar-refractivity contribution in [1.82, 2.24) is 19.8 Å². The van der Waals surface area contributed by atoms with Crippen molar-refractivity contribution >= 4 is 22.8 Å². The second-order valence-electron chi connectivity index (χ2n) is 9.59. The van der Waals surface area contributed by atoms with E-state index in [0.717, 1.165) is 49.2 Å². The number of ether oxygens (including phenoxy) is 1. The second kappa shape index (κ2) is 11.5. The average molecular weight is 443 g/mol. The van der Waals surface area contributed by atoms with E-state index in [1.165, 1.54) is 0 Å². The molecule has 2 aromatic rings. The molecule has 0 aliphatic carbocycles. The molecule has 0 radical (unpaired) electrons. The number of nitrogens with zero attached hydrogens (tertiary/aromatic N) is 3. The molecular formula is C25H38N4O3. The van der Waals surface area contributed by atoms with Crippen LogP contribution in [0.15, 0.2) is 24.3 Å². The first-order valence-electron chi connectivity index (χ1n) is 12.0. The van der Waals surface area contributed by atoms with E-state index >= 15 is 0 Å². The predicted molar refractivity (Wildman–Crippen MR) is 126 cm³/mol. The molecule has 176 valence electrons. The molecule has 1 saturated heterocycles. The molecule has 1 aliphatic rings. The standard InChI is InChI=1S/C25H38N4O3/c1-18(2)15-28(16-19(3)4)24(30)17-29-21-10-6-5-9-20(21)27-23(29)12-7-13-26-25(31)22-11-8-14-32-22/h5-6,9-10,18-19,22H,7-8,11-17H2,1-4H3,(H,26,31). The molecular weight excluding hydrogens is 404 g/mol. The number of hydrogen-bond acceptors (Lipinski definition) is 4. The van der Waals surface area contributed by atoms with E-state index in [2.05, 4.69) is 33.0 Å². The number of imidazole rings is 1. The van der Waals surface area contributed by atoms with Crippen molar-refractivity contribution < 1.29 is 14.3 Å². The van der Waals surface area contributed by atoms with Crippen molar-refractivity contribution in [2.45, 2.75) is 66.0 Å². The van der Waals surface area contributed by atoms with Crippen LogP contribution in [0.4, 0.5) is 0 Å². The maximum Gasteiger partial charge on any atom is 0.249 e. The molecule has 2 heterocycles. The van der Waals surface area contributed by atoms with E-state index in [4.69, 9.17) is 9.72 Å². The zero-order valence-corrected chi connectivity index (χ0v) is 20.0. The van der Waals surface area contributed by atoms with Crippen molar-refractivity contribution in [3.05, 3.63) is 30.1 Å². The first-order chi connectivity index (χ1) is 15.3. The van der Waals surface area contributed by atoms with Crippen LogP contribution in [0.25, 0.3) is 11.0 Å². The van der Waals surface area contributed by atoms with Crippen molar-refractivity contribution in [2.75, 3.05) is 26.2 Å². The Labute approximate surface area is 191 Å². The zero-order chi connectivity index (χ0) is 23.1. The number of rotatable bonds is 11. The van der Waals surface area contributed by atoms with E-state index in [9.17, 15) is 9.59 Å². The van der Waals surface area contributed by atoms with Crippen molar-refractivity contribution in [2.24, 2.45) is 11.8 Å². The molecule has 0 saturated carbocycles. The molecule has 1 aromatic carbocycles. The molecule has 1 atom stereocenters. The van der Waals surface area contributed by atoms with Crippen LogP contribution in [0, 0.1) is 11.8 Å². The van der Waals surface area contributed by atoms with E-state index in [1.54, 1.807) is 0 Å². The van der Waals surface area contributed by atoms with Gasteiger partial charge in [0.25, 0.3) is 0 Å². The van der Waals surface area contributed by atoms with E-state index in [-0.39, 0.29) is 24.5 Å².